The Balaban J connectivity index is 2.76. The summed E-state index contributed by atoms with van der Waals surface area (Å²) in [6.45, 7) is 0. The maximum atomic E-state index is 10.8. The lowest BCUT2D eigenvalue weighted by atomic mass is 10.0. The van der Waals surface area contributed by atoms with E-state index in [1.807, 2.05) is 0 Å². The normalized spacial score (nSPS) is 18.0. The molecular formula is C9H10O3. The molecule has 1 aliphatic rings. The van der Waals surface area contributed by atoms with E-state index in [9.17, 15) is 9.59 Å². The minimum atomic E-state index is -0.894. The summed E-state index contributed by atoms with van der Waals surface area (Å²) >= 11 is 0. The standard InChI is InChI=1S/C9H10O3/c10-8-5-1-3-7(9(11)12)4-2-6-8/h1,3,5H,2,4,6H2,(H,11,12). The number of hydrogen-bond donors (Lipinski definition) is 1. The molecule has 3 nitrogen and oxygen atoms in total. The first-order valence-electron chi connectivity index (χ1n) is 3.83. The Labute approximate surface area is 70.4 Å². The highest BCUT2D eigenvalue weighted by Crippen LogP contribution is 2.11. The van der Waals surface area contributed by atoms with Gasteiger partial charge in [-0.15, -0.1) is 0 Å². The van der Waals surface area contributed by atoms with Crippen molar-refractivity contribution in [1.82, 2.24) is 0 Å². The molecule has 0 amide bonds. The fraction of sp³-hybridized carbons (Fsp3) is 0.333. The third-order valence-corrected chi connectivity index (χ3v) is 1.72. The van der Waals surface area contributed by atoms with Crippen molar-refractivity contribution in [3.8, 4) is 0 Å². The number of carbonyl (C=O) groups excluding carboxylic acids is 1. The minimum absolute atomic E-state index is 0.0655. The van der Waals surface area contributed by atoms with Crippen molar-refractivity contribution in [2.24, 2.45) is 0 Å². The van der Waals surface area contributed by atoms with Gasteiger partial charge in [-0.2, -0.15) is 0 Å². The van der Waals surface area contributed by atoms with Gasteiger partial charge in [-0.1, -0.05) is 12.2 Å². The van der Waals surface area contributed by atoms with E-state index in [-0.39, 0.29) is 5.78 Å². The predicted octanol–water partition coefficient (Wildman–Crippen LogP) is 1.31. The van der Waals surface area contributed by atoms with Gasteiger partial charge in [-0.25, -0.2) is 4.79 Å². The zero-order chi connectivity index (χ0) is 8.97. The Morgan fingerprint density at radius 1 is 1.42 bits per heavy atom. The second kappa shape index (κ2) is 3.85. The van der Waals surface area contributed by atoms with Crippen LogP contribution in [-0.2, 0) is 9.59 Å². The Bertz CT molecular complexity index is 261. The summed E-state index contributed by atoms with van der Waals surface area (Å²) in [6.07, 6.45) is 5.96. The van der Waals surface area contributed by atoms with Gasteiger partial charge in [-0.05, 0) is 18.9 Å². The van der Waals surface area contributed by atoms with Crippen molar-refractivity contribution in [2.45, 2.75) is 19.3 Å². The summed E-state index contributed by atoms with van der Waals surface area (Å²) in [6, 6.07) is 0. The number of carboxylic acid groups (broad SMARTS) is 1. The molecular weight excluding hydrogens is 156 g/mol. The SMILES string of the molecule is O=C1C=CC=C(C(=O)O)CCC1. The first kappa shape index (κ1) is 8.71. The first-order valence-corrected chi connectivity index (χ1v) is 3.83. The quantitative estimate of drug-likeness (QED) is 0.638. The molecule has 0 aromatic rings. The Morgan fingerprint density at radius 3 is 2.83 bits per heavy atom. The number of hydrogen-bond acceptors (Lipinski definition) is 2. The lowest BCUT2D eigenvalue weighted by Crippen LogP contribution is -2.03. The molecule has 0 aliphatic heterocycles. The summed E-state index contributed by atoms with van der Waals surface area (Å²) in [5.74, 6) is -0.829. The van der Waals surface area contributed by atoms with Crippen LogP contribution in [0.5, 0.6) is 0 Å². The zero-order valence-electron chi connectivity index (χ0n) is 6.62. The lowest BCUT2D eigenvalue weighted by molar-refractivity contribution is -0.133. The molecule has 1 rings (SSSR count). The van der Waals surface area contributed by atoms with Crippen LogP contribution >= 0.6 is 0 Å². The highest BCUT2D eigenvalue weighted by molar-refractivity contribution is 5.92. The van der Waals surface area contributed by atoms with Crippen LogP contribution in [0.2, 0.25) is 0 Å². The molecule has 0 aromatic carbocycles. The summed E-state index contributed by atoms with van der Waals surface area (Å²) in [4.78, 5) is 21.4. The van der Waals surface area contributed by atoms with E-state index in [1.54, 1.807) is 0 Å². The van der Waals surface area contributed by atoms with Crippen LogP contribution in [-0.4, -0.2) is 16.9 Å². The van der Waals surface area contributed by atoms with Crippen molar-refractivity contribution in [3.63, 3.8) is 0 Å². The van der Waals surface area contributed by atoms with Crippen LogP contribution in [0, 0.1) is 0 Å². The largest absolute Gasteiger partial charge is 0.478 e. The van der Waals surface area contributed by atoms with Crippen LogP contribution < -0.4 is 0 Å². The summed E-state index contributed by atoms with van der Waals surface area (Å²) < 4.78 is 0. The molecule has 0 spiro atoms. The van der Waals surface area contributed by atoms with Crippen molar-refractivity contribution < 1.29 is 14.7 Å². The highest BCUT2D eigenvalue weighted by Gasteiger charge is 2.08. The molecule has 12 heavy (non-hydrogen) atoms. The van der Waals surface area contributed by atoms with Crippen LogP contribution in [0.4, 0.5) is 0 Å². The first-order chi connectivity index (χ1) is 5.70. The van der Waals surface area contributed by atoms with Gasteiger partial charge in [0.1, 0.15) is 0 Å². The van der Waals surface area contributed by atoms with E-state index < -0.39 is 5.97 Å². The second-order valence-electron chi connectivity index (χ2n) is 2.68. The van der Waals surface area contributed by atoms with E-state index in [2.05, 4.69) is 0 Å². The van der Waals surface area contributed by atoms with Gasteiger partial charge >= 0.3 is 5.97 Å². The summed E-state index contributed by atoms with van der Waals surface area (Å²) in [7, 11) is 0. The molecule has 0 aromatic heterocycles. The molecule has 1 N–H and O–H groups in total. The van der Waals surface area contributed by atoms with Gasteiger partial charge in [0.25, 0.3) is 0 Å². The number of ketones is 1. The summed E-state index contributed by atoms with van der Waals surface area (Å²) in [5.41, 5.74) is 0.374. The molecule has 0 unspecified atom stereocenters. The van der Waals surface area contributed by atoms with E-state index >= 15 is 0 Å². The van der Waals surface area contributed by atoms with Crippen LogP contribution in [0.25, 0.3) is 0 Å². The third kappa shape index (κ3) is 2.34. The van der Waals surface area contributed by atoms with E-state index in [0.717, 1.165) is 0 Å². The Kier molecular flexibility index (Phi) is 2.80. The van der Waals surface area contributed by atoms with Crippen molar-refractivity contribution >= 4 is 11.8 Å². The van der Waals surface area contributed by atoms with Crippen LogP contribution in [0.3, 0.4) is 0 Å². The fourth-order valence-electron chi connectivity index (χ4n) is 1.07. The number of carbonyl (C=O) groups is 2. The smallest absolute Gasteiger partial charge is 0.331 e. The monoisotopic (exact) mass is 166 g/mol. The maximum Gasteiger partial charge on any atom is 0.331 e. The molecule has 0 saturated carbocycles. The molecule has 1 aliphatic carbocycles. The third-order valence-electron chi connectivity index (χ3n) is 1.72. The van der Waals surface area contributed by atoms with Gasteiger partial charge in [-0.3, -0.25) is 4.79 Å². The molecule has 0 heterocycles. The lowest BCUT2D eigenvalue weighted by Gasteiger charge is -2.02. The second-order valence-corrected chi connectivity index (χ2v) is 2.68. The van der Waals surface area contributed by atoms with Gasteiger partial charge in [0.2, 0.25) is 0 Å². The zero-order valence-corrected chi connectivity index (χ0v) is 6.62. The fourth-order valence-corrected chi connectivity index (χ4v) is 1.07. The number of aliphatic carboxylic acids is 1. The molecule has 64 valence electrons. The van der Waals surface area contributed by atoms with Gasteiger partial charge in [0.05, 0.1) is 0 Å². The topological polar surface area (TPSA) is 54.4 Å². The molecule has 0 bridgehead atoms. The van der Waals surface area contributed by atoms with E-state index in [1.165, 1.54) is 18.2 Å². The molecule has 0 saturated heterocycles. The van der Waals surface area contributed by atoms with Gasteiger partial charge in [0.15, 0.2) is 5.78 Å². The van der Waals surface area contributed by atoms with Crippen LogP contribution in [0.1, 0.15) is 19.3 Å². The predicted molar refractivity (Wildman–Crippen MR) is 43.7 cm³/mol. The van der Waals surface area contributed by atoms with Gasteiger partial charge in [0, 0.05) is 12.0 Å². The average molecular weight is 166 g/mol. The Hall–Kier alpha value is -1.38. The minimum Gasteiger partial charge on any atom is -0.478 e. The maximum absolute atomic E-state index is 10.8. The number of rotatable bonds is 1. The molecule has 0 radical (unpaired) electrons. The molecule has 0 atom stereocenters. The average Bonchev–Trinajstić information content (AvgIpc) is 1.95. The molecule has 0 fully saturated rings. The van der Waals surface area contributed by atoms with Crippen molar-refractivity contribution in [3.05, 3.63) is 23.8 Å². The number of allylic oxidation sites excluding steroid dienone is 3. The van der Waals surface area contributed by atoms with E-state index in [0.29, 0.717) is 24.8 Å². The molecule has 3 heteroatoms. The summed E-state index contributed by atoms with van der Waals surface area (Å²) in [5, 5.41) is 8.63. The van der Waals surface area contributed by atoms with Crippen molar-refractivity contribution in [2.75, 3.05) is 0 Å². The van der Waals surface area contributed by atoms with E-state index in [4.69, 9.17) is 5.11 Å². The van der Waals surface area contributed by atoms with Crippen LogP contribution in [0.15, 0.2) is 23.8 Å². The van der Waals surface area contributed by atoms with Gasteiger partial charge < -0.3 is 5.11 Å². The Morgan fingerprint density at radius 2 is 2.17 bits per heavy atom. The highest BCUT2D eigenvalue weighted by atomic mass is 16.4. The van der Waals surface area contributed by atoms with Crippen molar-refractivity contribution in [1.29, 1.82) is 0 Å². The number of carboxylic acids is 1.